The highest BCUT2D eigenvalue weighted by Crippen LogP contribution is 2.25. The van der Waals surface area contributed by atoms with Crippen LogP contribution in [0.2, 0.25) is 0 Å². The van der Waals surface area contributed by atoms with Gasteiger partial charge in [-0.3, -0.25) is 0 Å². The van der Waals surface area contributed by atoms with E-state index in [4.69, 9.17) is 9.47 Å². The predicted octanol–water partition coefficient (Wildman–Crippen LogP) is 5.64. The molecule has 0 N–H and O–H groups in total. The van der Waals surface area contributed by atoms with E-state index in [2.05, 4.69) is 25.5 Å². The van der Waals surface area contributed by atoms with Crippen molar-refractivity contribution in [2.45, 2.75) is 96.1 Å². The largest absolute Gasteiger partial charge is 0.449 e. The van der Waals surface area contributed by atoms with Crippen molar-refractivity contribution in [2.24, 2.45) is 0 Å². The smallest absolute Gasteiger partial charge is 0.409 e. The predicted molar refractivity (Wildman–Crippen MR) is 121 cm³/mol. The van der Waals surface area contributed by atoms with Gasteiger partial charge in [-0.25, -0.2) is 4.79 Å². The minimum atomic E-state index is -0.162. The Morgan fingerprint density at radius 3 is 2.31 bits per heavy atom. The molecule has 1 rings (SSSR count). The molecule has 1 saturated carbocycles. The van der Waals surface area contributed by atoms with Crippen LogP contribution in [0.25, 0.3) is 0 Å². The summed E-state index contributed by atoms with van der Waals surface area (Å²) in [4.78, 5) is 16.3. The molecule has 1 aliphatic rings. The Morgan fingerprint density at radius 1 is 0.966 bits per heavy atom. The molecule has 1 aliphatic carbocycles. The molecule has 0 aromatic carbocycles. The maximum absolute atomic E-state index is 12.2. The summed E-state index contributed by atoms with van der Waals surface area (Å²) in [5.74, 6) is 0. The number of hydrogen-bond acceptors (Lipinski definition) is 4. The van der Waals surface area contributed by atoms with Gasteiger partial charge in [0.2, 0.25) is 0 Å². The van der Waals surface area contributed by atoms with Crippen molar-refractivity contribution in [1.82, 2.24) is 9.80 Å². The second-order valence-corrected chi connectivity index (χ2v) is 8.55. The van der Waals surface area contributed by atoms with Crippen LogP contribution in [0.15, 0.2) is 12.7 Å². The normalized spacial score (nSPS) is 19.3. The third-order valence-electron chi connectivity index (χ3n) is 5.93. The second kappa shape index (κ2) is 16.7. The zero-order valence-electron chi connectivity index (χ0n) is 19.4. The summed E-state index contributed by atoms with van der Waals surface area (Å²) in [6, 6.07) is 0.297. The highest BCUT2D eigenvalue weighted by Gasteiger charge is 2.27. The Kier molecular flexibility index (Phi) is 15.0. The molecule has 29 heavy (non-hydrogen) atoms. The number of carbonyl (C=O) groups excluding carboxylic acids is 1. The molecular formula is C24H46N2O3. The molecule has 0 unspecified atom stereocenters. The van der Waals surface area contributed by atoms with E-state index in [9.17, 15) is 4.79 Å². The highest BCUT2D eigenvalue weighted by atomic mass is 16.6. The first-order valence-corrected chi connectivity index (χ1v) is 11.9. The SMILES string of the molecule is C=CCN(C)CCCCCCOC1CCC(N(C)C(=O)OCCCCCC)CC1. The summed E-state index contributed by atoms with van der Waals surface area (Å²) in [5.41, 5.74) is 0. The van der Waals surface area contributed by atoms with E-state index in [0.717, 1.165) is 64.6 Å². The number of unbranched alkanes of at least 4 members (excludes halogenated alkanes) is 6. The van der Waals surface area contributed by atoms with Crippen LogP contribution >= 0.6 is 0 Å². The number of likely N-dealkylation sites (N-methyl/N-ethyl adjacent to an activating group) is 1. The Labute approximate surface area is 179 Å². The van der Waals surface area contributed by atoms with E-state index in [0.29, 0.717) is 18.8 Å². The molecule has 1 amide bonds. The summed E-state index contributed by atoms with van der Waals surface area (Å²) in [5, 5.41) is 0. The zero-order chi connectivity index (χ0) is 21.3. The lowest BCUT2D eigenvalue weighted by molar-refractivity contribution is 0.00738. The fraction of sp³-hybridized carbons (Fsp3) is 0.875. The van der Waals surface area contributed by atoms with Gasteiger partial charge in [0.1, 0.15) is 0 Å². The molecular weight excluding hydrogens is 364 g/mol. The molecule has 0 atom stereocenters. The van der Waals surface area contributed by atoms with Crippen LogP contribution in [-0.2, 0) is 9.47 Å². The van der Waals surface area contributed by atoms with Crippen molar-refractivity contribution in [2.75, 3.05) is 40.4 Å². The zero-order valence-corrected chi connectivity index (χ0v) is 19.4. The van der Waals surface area contributed by atoms with Gasteiger partial charge in [0.05, 0.1) is 12.7 Å². The Hall–Kier alpha value is -1.07. The van der Waals surface area contributed by atoms with Crippen molar-refractivity contribution in [3.05, 3.63) is 12.7 Å². The number of amides is 1. The maximum atomic E-state index is 12.2. The van der Waals surface area contributed by atoms with Gasteiger partial charge in [-0.15, -0.1) is 6.58 Å². The second-order valence-electron chi connectivity index (χ2n) is 8.55. The van der Waals surface area contributed by atoms with Crippen LogP contribution in [0.1, 0.15) is 84.0 Å². The molecule has 170 valence electrons. The van der Waals surface area contributed by atoms with Gasteiger partial charge in [0.15, 0.2) is 0 Å². The highest BCUT2D eigenvalue weighted by molar-refractivity contribution is 5.67. The van der Waals surface area contributed by atoms with Gasteiger partial charge in [0.25, 0.3) is 0 Å². The fourth-order valence-electron chi connectivity index (χ4n) is 3.94. The molecule has 0 spiro atoms. The molecule has 0 saturated heterocycles. The topological polar surface area (TPSA) is 42.0 Å². The Bertz CT molecular complexity index is 422. The van der Waals surface area contributed by atoms with E-state index in [-0.39, 0.29) is 6.09 Å². The summed E-state index contributed by atoms with van der Waals surface area (Å²) in [6.07, 6.45) is 15.7. The summed E-state index contributed by atoms with van der Waals surface area (Å²) in [7, 11) is 4.03. The Morgan fingerprint density at radius 2 is 1.62 bits per heavy atom. The first kappa shape index (κ1) is 26.0. The summed E-state index contributed by atoms with van der Waals surface area (Å²) < 4.78 is 11.5. The molecule has 5 nitrogen and oxygen atoms in total. The molecule has 1 fully saturated rings. The molecule has 0 aromatic heterocycles. The lowest BCUT2D eigenvalue weighted by Gasteiger charge is -2.34. The van der Waals surface area contributed by atoms with E-state index in [1.807, 2.05) is 13.1 Å². The standard InChI is InChI=1S/C24H46N2O3/c1-5-7-8-12-21-29-24(27)26(4)22-14-16-23(17-15-22)28-20-13-10-9-11-19-25(3)18-6-2/h6,22-23H,2,5,7-21H2,1,3-4H3. The van der Waals surface area contributed by atoms with Crippen molar-refractivity contribution in [3.63, 3.8) is 0 Å². The lowest BCUT2D eigenvalue weighted by atomic mass is 9.92. The van der Waals surface area contributed by atoms with E-state index in [1.54, 1.807) is 4.90 Å². The van der Waals surface area contributed by atoms with Crippen LogP contribution in [0.3, 0.4) is 0 Å². The number of rotatable bonds is 16. The monoisotopic (exact) mass is 410 g/mol. The first-order valence-electron chi connectivity index (χ1n) is 11.9. The van der Waals surface area contributed by atoms with Crippen LogP contribution < -0.4 is 0 Å². The molecule has 0 aromatic rings. The molecule has 0 bridgehead atoms. The Balaban J connectivity index is 2.03. The number of hydrogen-bond donors (Lipinski definition) is 0. The molecule has 0 heterocycles. The molecule has 0 aliphatic heterocycles. The van der Waals surface area contributed by atoms with E-state index >= 15 is 0 Å². The third-order valence-corrected chi connectivity index (χ3v) is 5.93. The van der Waals surface area contributed by atoms with Gasteiger partial charge < -0.3 is 19.3 Å². The van der Waals surface area contributed by atoms with Gasteiger partial charge in [-0.2, -0.15) is 0 Å². The van der Waals surface area contributed by atoms with E-state index < -0.39 is 0 Å². The van der Waals surface area contributed by atoms with E-state index in [1.165, 1.54) is 32.1 Å². The van der Waals surface area contributed by atoms with Crippen molar-refractivity contribution in [3.8, 4) is 0 Å². The number of carbonyl (C=O) groups is 1. The summed E-state index contributed by atoms with van der Waals surface area (Å²) in [6.45, 7) is 9.49. The van der Waals surface area contributed by atoms with Crippen molar-refractivity contribution < 1.29 is 14.3 Å². The van der Waals surface area contributed by atoms with Crippen molar-refractivity contribution in [1.29, 1.82) is 0 Å². The third kappa shape index (κ3) is 12.3. The van der Waals surface area contributed by atoms with Gasteiger partial charge in [-0.05, 0) is 58.5 Å². The maximum Gasteiger partial charge on any atom is 0.409 e. The quantitative estimate of drug-likeness (QED) is 0.244. The van der Waals surface area contributed by atoms with Gasteiger partial charge >= 0.3 is 6.09 Å². The van der Waals surface area contributed by atoms with Crippen LogP contribution in [0, 0.1) is 0 Å². The van der Waals surface area contributed by atoms with Gasteiger partial charge in [-0.1, -0.05) is 45.1 Å². The number of nitrogens with zero attached hydrogens (tertiary/aromatic N) is 2. The van der Waals surface area contributed by atoms with Crippen LogP contribution in [0.5, 0.6) is 0 Å². The summed E-state index contributed by atoms with van der Waals surface area (Å²) >= 11 is 0. The molecule has 5 heteroatoms. The fourth-order valence-corrected chi connectivity index (χ4v) is 3.94. The van der Waals surface area contributed by atoms with Crippen LogP contribution in [0.4, 0.5) is 4.79 Å². The van der Waals surface area contributed by atoms with Gasteiger partial charge in [0, 0.05) is 26.2 Å². The first-order chi connectivity index (χ1) is 14.1. The average Bonchev–Trinajstić information content (AvgIpc) is 2.73. The number of ether oxygens (including phenoxy) is 2. The minimum absolute atomic E-state index is 0.162. The van der Waals surface area contributed by atoms with Crippen LogP contribution in [-0.4, -0.2) is 68.4 Å². The van der Waals surface area contributed by atoms with Crippen molar-refractivity contribution >= 4 is 6.09 Å². The molecule has 0 radical (unpaired) electrons. The minimum Gasteiger partial charge on any atom is -0.449 e. The average molecular weight is 411 g/mol. The lowest BCUT2D eigenvalue weighted by Crippen LogP contribution is -2.41.